The molecule has 0 unspecified atom stereocenters. The third kappa shape index (κ3) is 7.41. The second-order valence-electron chi connectivity index (χ2n) is 9.67. The van der Waals surface area contributed by atoms with Crippen molar-refractivity contribution >= 4 is 17.7 Å². The predicted molar refractivity (Wildman–Crippen MR) is 153 cm³/mol. The van der Waals surface area contributed by atoms with Crippen molar-refractivity contribution < 1.29 is 14.3 Å². The molecule has 7 nitrogen and oxygen atoms in total. The van der Waals surface area contributed by atoms with Crippen LogP contribution in [0.2, 0.25) is 0 Å². The van der Waals surface area contributed by atoms with Crippen LogP contribution in [0.5, 0.6) is 11.5 Å². The highest BCUT2D eigenvalue weighted by atomic mass is 32.2. The van der Waals surface area contributed by atoms with Crippen LogP contribution in [0.4, 0.5) is 0 Å². The van der Waals surface area contributed by atoms with Gasteiger partial charge in [-0.15, -0.1) is 10.2 Å². The van der Waals surface area contributed by atoms with E-state index in [1.807, 2.05) is 24.3 Å². The van der Waals surface area contributed by atoms with E-state index in [0.717, 1.165) is 66.0 Å². The lowest BCUT2D eigenvalue weighted by Crippen LogP contribution is -2.22. The van der Waals surface area contributed by atoms with E-state index in [1.165, 1.54) is 16.7 Å². The SMILES string of the molecule is Cc1ccccc1CSc1nnc(CCCCC(=O)NCc2ccc3c(c2)OCO3)n1CCc1ccccc1. The number of aromatic nitrogens is 3. The Morgan fingerprint density at radius 2 is 1.74 bits per heavy atom. The largest absolute Gasteiger partial charge is 0.454 e. The smallest absolute Gasteiger partial charge is 0.231 e. The van der Waals surface area contributed by atoms with Gasteiger partial charge in [0, 0.05) is 31.7 Å². The molecular weight excluding hydrogens is 508 g/mol. The molecule has 0 saturated heterocycles. The van der Waals surface area contributed by atoms with Gasteiger partial charge in [0.05, 0.1) is 0 Å². The minimum absolute atomic E-state index is 0.0488. The number of carbonyl (C=O) groups is 1. The summed E-state index contributed by atoms with van der Waals surface area (Å²) >= 11 is 1.73. The summed E-state index contributed by atoms with van der Waals surface area (Å²) in [7, 11) is 0. The summed E-state index contributed by atoms with van der Waals surface area (Å²) in [5.74, 6) is 3.37. The van der Waals surface area contributed by atoms with Crippen molar-refractivity contribution in [1.29, 1.82) is 0 Å². The normalized spacial score (nSPS) is 12.0. The number of benzene rings is 3. The van der Waals surface area contributed by atoms with Gasteiger partial charge in [0.2, 0.25) is 12.7 Å². The van der Waals surface area contributed by atoms with Gasteiger partial charge < -0.3 is 19.4 Å². The fourth-order valence-electron chi connectivity index (χ4n) is 4.54. The maximum atomic E-state index is 12.4. The Morgan fingerprint density at radius 3 is 2.62 bits per heavy atom. The third-order valence-electron chi connectivity index (χ3n) is 6.86. The van der Waals surface area contributed by atoms with Crippen LogP contribution in [0.3, 0.4) is 0 Å². The average Bonchev–Trinajstić information content (AvgIpc) is 3.59. The maximum Gasteiger partial charge on any atom is 0.231 e. The van der Waals surface area contributed by atoms with Crippen LogP contribution >= 0.6 is 11.8 Å². The number of thioether (sulfide) groups is 1. The van der Waals surface area contributed by atoms with E-state index in [-0.39, 0.29) is 12.7 Å². The molecule has 39 heavy (non-hydrogen) atoms. The monoisotopic (exact) mass is 542 g/mol. The van der Waals surface area contributed by atoms with Gasteiger partial charge in [-0.25, -0.2) is 0 Å². The van der Waals surface area contributed by atoms with E-state index < -0.39 is 0 Å². The standard InChI is InChI=1S/C31H34N4O3S/c1-23-9-5-6-12-26(23)21-39-31-34-33-29(35(31)18-17-24-10-3-2-4-11-24)13-7-8-14-30(36)32-20-25-15-16-27-28(19-25)38-22-37-27/h2-6,9-12,15-16,19H,7-8,13-14,17-18,20-22H2,1H3,(H,32,36). The summed E-state index contributed by atoms with van der Waals surface area (Å²) in [4.78, 5) is 12.4. The number of hydrogen-bond donors (Lipinski definition) is 1. The van der Waals surface area contributed by atoms with E-state index in [1.54, 1.807) is 11.8 Å². The summed E-state index contributed by atoms with van der Waals surface area (Å²) < 4.78 is 13.0. The van der Waals surface area contributed by atoms with E-state index in [9.17, 15) is 4.79 Å². The van der Waals surface area contributed by atoms with Crippen molar-refractivity contribution in [3.8, 4) is 11.5 Å². The molecule has 3 aromatic carbocycles. The summed E-state index contributed by atoms with van der Waals surface area (Å²) in [6, 6.07) is 24.7. The first-order valence-corrected chi connectivity index (χ1v) is 14.4. The maximum absolute atomic E-state index is 12.4. The Labute approximate surface area is 233 Å². The van der Waals surface area contributed by atoms with Crippen LogP contribution in [0, 0.1) is 6.92 Å². The van der Waals surface area contributed by atoms with Crippen LogP contribution in [0.25, 0.3) is 0 Å². The lowest BCUT2D eigenvalue weighted by molar-refractivity contribution is -0.121. The summed E-state index contributed by atoms with van der Waals surface area (Å²) in [5, 5.41) is 13.1. The predicted octanol–water partition coefficient (Wildman–Crippen LogP) is 5.88. The second kappa shape index (κ2) is 13.3. The molecule has 0 saturated carbocycles. The molecule has 0 radical (unpaired) electrons. The number of nitrogens with zero attached hydrogens (tertiary/aromatic N) is 3. The van der Waals surface area contributed by atoms with E-state index in [4.69, 9.17) is 9.47 Å². The van der Waals surface area contributed by atoms with Crippen molar-refractivity contribution in [2.24, 2.45) is 0 Å². The molecule has 5 rings (SSSR count). The zero-order chi connectivity index (χ0) is 26.9. The van der Waals surface area contributed by atoms with Gasteiger partial charge in [-0.05, 0) is 60.6 Å². The van der Waals surface area contributed by atoms with Gasteiger partial charge in [-0.1, -0.05) is 72.4 Å². The first kappa shape index (κ1) is 26.8. The Hall–Kier alpha value is -3.78. The molecule has 1 aliphatic heterocycles. The molecule has 0 atom stereocenters. The molecule has 0 bridgehead atoms. The summed E-state index contributed by atoms with van der Waals surface area (Å²) in [6.07, 6.45) is 3.87. The molecule has 1 amide bonds. The molecule has 1 N–H and O–H groups in total. The number of aryl methyl sites for hydroxylation is 3. The molecule has 0 aliphatic carbocycles. The lowest BCUT2D eigenvalue weighted by Gasteiger charge is -2.11. The zero-order valence-corrected chi connectivity index (χ0v) is 23.1. The van der Waals surface area contributed by atoms with Gasteiger partial charge in [-0.3, -0.25) is 4.79 Å². The Morgan fingerprint density at radius 1 is 0.923 bits per heavy atom. The number of unbranched alkanes of at least 4 members (excludes halogenated alkanes) is 1. The quantitative estimate of drug-likeness (QED) is 0.168. The molecule has 202 valence electrons. The first-order chi connectivity index (χ1) is 19.2. The van der Waals surface area contributed by atoms with Crippen LogP contribution in [-0.4, -0.2) is 27.5 Å². The zero-order valence-electron chi connectivity index (χ0n) is 22.3. The number of hydrogen-bond acceptors (Lipinski definition) is 6. The molecule has 0 spiro atoms. The molecule has 0 fully saturated rings. The molecule has 4 aromatic rings. The molecular formula is C31H34N4O3S. The van der Waals surface area contributed by atoms with E-state index in [2.05, 4.69) is 75.5 Å². The number of fused-ring (bicyclic) bond motifs is 1. The fraction of sp³-hybridized carbons (Fsp3) is 0.323. The minimum atomic E-state index is 0.0488. The highest BCUT2D eigenvalue weighted by Gasteiger charge is 2.15. The van der Waals surface area contributed by atoms with Crippen LogP contribution in [0.15, 0.2) is 78.0 Å². The van der Waals surface area contributed by atoms with Crippen molar-refractivity contribution in [3.63, 3.8) is 0 Å². The van der Waals surface area contributed by atoms with Crippen molar-refractivity contribution in [1.82, 2.24) is 20.1 Å². The van der Waals surface area contributed by atoms with Gasteiger partial charge in [0.1, 0.15) is 5.82 Å². The number of nitrogens with one attached hydrogen (secondary N) is 1. The van der Waals surface area contributed by atoms with E-state index in [0.29, 0.717) is 13.0 Å². The first-order valence-electron chi connectivity index (χ1n) is 13.4. The van der Waals surface area contributed by atoms with Crippen LogP contribution in [-0.2, 0) is 36.5 Å². The Balaban J connectivity index is 1.13. The van der Waals surface area contributed by atoms with Gasteiger partial charge in [0.15, 0.2) is 16.7 Å². The van der Waals surface area contributed by atoms with Gasteiger partial charge >= 0.3 is 0 Å². The van der Waals surface area contributed by atoms with Crippen LogP contribution in [0.1, 0.15) is 47.3 Å². The lowest BCUT2D eigenvalue weighted by atomic mass is 10.1. The average molecular weight is 543 g/mol. The number of ether oxygens (including phenoxy) is 2. The topological polar surface area (TPSA) is 78.3 Å². The summed E-state index contributed by atoms with van der Waals surface area (Å²) in [6.45, 7) is 3.70. The molecule has 1 aromatic heterocycles. The second-order valence-corrected chi connectivity index (χ2v) is 10.6. The minimum Gasteiger partial charge on any atom is -0.454 e. The molecule has 2 heterocycles. The third-order valence-corrected chi connectivity index (χ3v) is 7.87. The van der Waals surface area contributed by atoms with Crippen molar-refractivity contribution in [3.05, 3.63) is 101 Å². The fourth-order valence-corrected chi connectivity index (χ4v) is 5.60. The number of rotatable bonds is 13. The van der Waals surface area contributed by atoms with E-state index >= 15 is 0 Å². The van der Waals surface area contributed by atoms with Gasteiger partial charge in [-0.2, -0.15) is 0 Å². The Bertz CT molecular complexity index is 1390. The highest BCUT2D eigenvalue weighted by Crippen LogP contribution is 2.32. The number of amides is 1. The highest BCUT2D eigenvalue weighted by molar-refractivity contribution is 7.98. The van der Waals surface area contributed by atoms with Gasteiger partial charge in [0.25, 0.3) is 0 Å². The van der Waals surface area contributed by atoms with Crippen molar-refractivity contribution in [2.45, 2.75) is 63.0 Å². The van der Waals surface area contributed by atoms with Crippen LogP contribution < -0.4 is 14.8 Å². The number of carbonyl (C=O) groups excluding carboxylic acids is 1. The summed E-state index contributed by atoms with van der Waals surface area (Å²) in [5.41, 5.74) is 4.90. The molecule has 8 heteroatoms. The Kier molecular flexibility index (Phi) is 9.17. The van der Waals surface area contributed by atoms with Crippen molar-refractivity contribution in [2.75, 3.05) is 6.79 Å². The molecule has 1 aliphatic rings.